The van der Waals surface area contributed by atoms with Crippen LogP contribution in [0.3, 0.4) is 0 Å². The lowest BCUT2D eigenvalue weighted by Gasteiger charge is -2.48. The number of likely N-dealkylation sites (N-methyl/N-ethyl adjacent to an activating group) is 1. The van der Waals surface area contributed by atoms with Crippen molar-refractivity contribution < 1.29 is 14.0 Å². The van der Waals surface area contributed by atoms with E-state index in [1.807, 2.05) is 6.07 Å². The number of quaternary nitrogens is 1. The van der Waals surface area contributed by atoms with E-state index < -0.39 is 0 Å². The van der Waals surface area contributed by atoms with E-state index in [9.17, 15) is 9.50 Å². The molecule has 2 atom stereocenters. The van der Waals surface area contributed by atoms with E-state index >= 15 is 0 Å². The normalized spacial score (nSPS) is 24.9. The number of rotatable bonds is 3. The number of hydrogen-bond acceptors (Lipinski definition) is 1. The van der Waals surface area contributed by atoms with Gasteiger partial charge in [0.15, 0.2) is 0 Å². The van der Waals surface area contributed by atoms with Crippen LogP contribution in [0.15, 0.2) is 36.4 Å². The molecule has 4 rings (SSSR count). The number of alkyl halides is 1. The average Bonchev–Trinajstić information content (AvgIpc) is 2.56. The number of halogens is 1. The van der Waals surface area contributed by atoms with Crippen molar-refractivity contribution in [2.45, 2.75) is 25.3 Å². The third-order valence-electron chi connectivity index (χ3n) is 5.79. The first-order valence-electron chi connectivity index (χ1n) is 8.47. The molecule has 0 saturated heterocycles. The Morgan fingerprint density at radius 1 is 1.17 bits per heavy atom. The highest BCUT2D eigenvalue weighted by molar-refractivity contribution is 5.79. The van der Waals surface area contributed by atoms with Gasteiger partial charge in [-0.2, -0.15) is 0 Å². The Labute approximate surface area is 136 Å². The summed E-state index contributed by atoms with van der Waals surface area (Å²) in [5.74, 6) is 0.373. The summed E-state index contributed by atoms with van der Waals surface area (Å²) in [5.41, 5.74) is 6.17. The first-order valence-corrected chi connectivity index (χ1v) is 8.47. The number of hydrogen-bond donors (Lipinski definition) is 1. The van der Waals surface area contributed by atoms with Gasteiger partial charge in [0.2, 0.25) is 0 Å². The first kappa shape index (κ1) is 14.7. The van der Waals surface area contributed by atoms with E-state index in [1.54, 1.807) is 6.07 Å². The van der Waals surface area contributed by atoms with Crippen LogP contribution < -0.4 is 0 Å². The minimum Gasteiger partial charge on any atom is -0.507 e. The predicted octanol–water partition coefficient (Wildman–Crippen LogP) is 4.02. The van der Waals surface area contributed by atoms with Gasteiger partial charge in [-0.15, -0.1) is 0 Å². The third kappa shape index (κ3) is 2.18. The van der Waals surface area contributed by atoms with Crippen LogP contribution in [-0.2, 0) is 12.8 Å². The lowest BCUT2D eigenvalue weighted by Crippen LogP contribution is -2.53. The van der Waals surface area contributed by atoms with Gasteiger partial charge in [0.05, 0.1) is 26.8 Å². The van der Waals surface area contributed by atoms with Crippen molar-refractivity contribution in [2.75, 3.05) is 26.8 Å². The molecule has 2 aliphatic rings. The van der Waals surface area contributed by atoms with Crippen molar-refractivity contribution >= 4 is 0 Å². The van der Waals surface area contributed by atoms with E-state index in [1.165, 1.54) is 22.3 Å². The van der Waals surface area contributed by atoms with Gasteiger partial charge in [-0.05, 0) is 22.8 Å². The number of aromatic hydroxyl groups is 1. The van der Waals surface area contributed by atoms with Crippen LogP contribution in [0.2, 0.25) is 0 Å². The molecule has 0 saturated carbocycles. The summed E-state index contributed by atoms with van der Waals surface area (Å²) in [5, 5.41) is 10.4. The maximum atomic E-state index is 12.8. The smallest absolute Gasteiger partial charge is 0.123 e. The summed E-state index contributed by atoms with van der Waals surface area (Å²) in [6, 6.07) is 12.7. The molecule has 2 aromatic carbocycles. The van der Waals surface area contributed by atoms with Crippen LogP contribution in [-0.4, -0.2) is 36.4 Å². The standard InChI is InChI=1S/C20H22FNO/c1-22(11-4-10-21)12-9-14-5-2-7-16-19(14)17(22)13-15-6-3-8-18(23)20(15)16/h2-3,5-8,17H,4,9-13H2,1H3/p+1. The SMILES string of the molecule is C[N+]1(CCCF)CCc2cccc3c2C1Cc1cccc(O)c1-3. The Morgan fingerprint density at radius 3 is 2.78 bits per heavy atom. The Balaban J connectivity index is 1.90. The lowest BCUT2D eigenvalue weighted by molar-refractivity contribution is -0.941. The molecule has 2 unspecified atom stereocenters. The molecule has 0 fully saturated rings. The number of phenols is 1. The molecule has 0 bridgehead atoms. The maximum absolute atomic E-state index is 12.8. The molecule has 0 aromatic heterocycles. The van der Waals surface area contributed by atoms with Gasteiger partial charge < -0.3 is 9.59 Å². The fourth-order valence-corrected chi connectivity index (χ4v) is 4.57. The number of phenolic OH excluding ortho intramolecular Hbond substituents is 1. The van der Waals surface area contributed by atoms with E-state index in [-0.39, 0.29) is 6.67 Å². The van der Waals surface area contributed by atoms with Gasteiger partial charge in [-0.1, -0.05) is 30.3 Å². The zero-order chi connectivity index (χ0) is 16.0. The van der Waals surface area contributed by atoms with Crippen molar-refractivity contribution in [3.05, 3.63) is 53.1 Å². The summed E-state index contributed by atoms with van der Waals surface area (Å²) in [6.07, 6.45) is 2.58. The fraction of sp³-hybridized carbons (Fsp3) is 0.400. The van der Waals surface area contributed by atoms with Crippen LogP contribution in [0.25, 0.3) is 11.1 Å². The minimum atomic E-state index is -0.244. The largest absolute Gasteiger partial charge is 0.507 e. The summed E-state index contributed by atoms with van der Waals surface area (Å²) >= 11 is 0. The molecule has 1 heterocycles. The summed E-state index contributed by atoms with van der Waals surface area (Å²) in [6.45, 7) is 1.70. The molecule has 2 nitrogen and oxygen atoms in total. The zero-order valence-electron chi connectivity index (χ0n) is 13.6. The molecule has 3 heteroatoms. The maximum Gasteiger partial charge on any atom is 0.123 e. The van der Waals surface area contributed by atoms with E-state index in [2.05, 4.69) is 31.3 Å². The zero-order valence-corrected chi connectivity index (χ0v) is 13.6. The molecular weight excluding hydrogens is 289 g/mol. The van der Waals surface area contributed by atoms with Crippen molar-refractivity contribution in [1.82, 2.24) is 0 Å². The van der Waals surface area contributed by atoms with E-state index in [0.717, 1.165) is 36.0 Å². The lowest BCUT2D eigenvalue weighted by atomic mass is 9.76. The molecule has 23 heavy (non-hydrogen) atoms. The molecule has 2 aromatic rings. The Bertz CT molecular complexity index is 757. The summed E-state index contributed by atoms with van der Waals surface area (Å²) < 4.78 is 13.7. The third-order valence-corrected chi connectivity index (χ3v) is 5.79. The van der Waals surface area contributed by atoms with Gasteiger partial charge in [-0.25, -0.2) is 0 Å². The minimum absolute atomic E-state index is 0.244. The number of benzene rings is 2. The molecule has 1 aliphatic heterocycles. The van der Waals surface area contributed by atoms with Crippen molar-refractivity contribution in [3.8, 4) is 16.9 Å². The van der Waals surface area contributed by atoms with Crippen LogP contribution >= 0.6 is 0 Å². The Morgan fingerprint density at radius 2 is 1.96 bits per heavy atom. The number of nitrogens with zero attached hydrogens (tertiary/aromatic N) is 1. The average molecular weight is 312 g/mol. The molecule has 0 amide bonds. The Kier molecular flexibility index (Phi) is 3.42. The van der Waals surface area contributed by atoms with Gasteiger partial charge in [0.1, 0.15) is 11.8 Å². The Hall–Kier alpha value is -1.87. The molecule has 0 spiro atoms. The van der Waals surface area contributed by atoms with Crippen molar-refractivity contribution in [1.29, 1.82) is 0 Å². The highest BCUT2D eigenvalue weighted by Gasteiger charge is 2.43. The highest BCUT2D eigenvalue weighted by atomic mass is 19.1. The second-order valence-corrected chi connectivity index (χ2v) is 7.13. The quantitative estimate of drug-likeness (QED) is 0.849. The van der Waals surface area contributed by atoms with Gasteiger partial charge in [-0.3, -0.25) is 4.39 Å². The molecule has 0 radical (unpaired) electrons. The van der Waals surface area contributed by atoms with Crippen LogP contribution in [0.1, 0.15) is 29.2 Å². The van der Waals surface area contributed by atoms with Crippen LogP contribution in [0.4, 0.5) is 4.39 Å². The first-order chi connectivity index (χ1) is 11.1. The molecule has 120 valence electrons. The fourth-order valence-electron chi connectivity index (χ4n) is 4.57. The van der Waals surface area contributed by atoms with E-state index in [0.29, 0.717) is 18.2 Å². The monoisotopic (exact) mass is 312 g/mol. The highest BCUT2D eigenvalue weighted by Crippen LogP contribution is 2.49. The second kappa shape index (κ2) is 5.34. The van der Waals surface area contributed by atoms with Gasteiger partial charge in [0, 0.05) is 30.4 Å². The molecule has 1 aliphatic carbocycles. The molecule has 1 N–H and O–H groups in total. The van der Waals surface area contributed by atoms with Crippen LogP contribution in [0.5, 0.6) is 5.75 Å². The van der Waals surface area contributed by atoms with Crippen LogP contribution in [0, 0.1) is 0 Å². The second-order valence-electron chi connectivity index (χ2n) is 7.13. The van der Waals surface area contributed by atoms with Gasteiger partial charge in [0.25, 0.3) is 0 Å². The topological polar surface area (TPSA) is 20.2 Å². The number of fused-ring (bicyclic) bond motifs is 2. The predicted molar refractivity (Wildman–Crippen MR) is 90.2 cm³/mol. The summed E-state index contributed by atoms with van der Waals surface area (Å²) in [4.78, 5) is 0. The van der Waals surface area contributed by atoms with Gasteiger partial charge >= 0.3 is 0 Å². The van der Waals surface area contributed by atoms with E-state index in [4.69, 9.17) is 0 Å². The van der Waals surface area contributed by atoms with Crippen molar-refractivity contribution in [2.24, 2.45) is 0 Å². The van der Waals surface area contributed by atoms with Crippen molar-refractivity contribution in [3.63, 3.8) is 0 Å². The summed E-state index contributed by atoms with van der Waals surface area (Å²) in [7, 11) is 2.27. The molecular formula is C20H23FNO+.